The molecule has 1 spiro atoms. The van der Waals surface area contributed by atoms with Crippen molar-refractivity contribution in [2.24, 2.45) is 27.4 Å². The molecule has 1 saturated heterocycles. The van der Waals surface area contributed by atoms with Crippen molar-refractivity contribution < 1.29 is 13.9 Å². The third kappa shape index (κ3) is 5.62. The van der Waals surface area contributed by atoms with E-state index in [1.54, 1.807) is 11.0 Å². The lowest BCUT2D eigenvalue weighted by Gasteiger charge is -2.46. The number of amides is 1. The molecule has 3 aliphatic rings. The molecular weight excluding hydrogens is 449 g/mol. The number of nitrogens with one attached hydrogen (secondary N) is 1. The largest absolute Gasteiger partial charge is 0.444 e. The Morgan fingerprint density at radius 3 is 2.54 bits per heavy atom. The first-order chi connectivity index (χ1) is 16.6. The summed E-state index contributed by atoms with van der Waals surface area (Å²) in [5.41, 5.74) is 12.2. The summed E-state index contributed by atoms with van der Waals surface area (Å²) >= 11 is 0. The van der Waals surface area contributed by atoms with Crippen molar-refractivity contribution in [1.29, 1.82) is 0 Å². The normalized spacial score (nSPS) is 20.9. The first kappa shape index (κ1) is 25.1. The predicted octanol–water partition coefficient (Wildman–Crippen LogP) is 3.99. The number of anilines is 2. The van der Waals surface area contributed by atoms with Crippen molar-refractivity contribution >= 4 is 29.4 Å². The van der Waals surface area contributed by atoms with Gasteiger partial charge in [0.1, 0.15) is 17.1 Å². The van der Waals surface area contributed by atoms with Crippen molar-refractivity contribution in [1.82, 2.24) is 4.90 Å². The van der Waals surface area contributed by atoms with Crippen LogP contribution in [0.5, 0.6) is 0 Å². The molecule has 2 heterocycles. The summed E-state index contributed by atoms with van der Waals surface area (Å²) in [7, 11) is 0. The Morgan fingerprint density at radius 1 is 1.20 bits per heavy atom. The number of likely N-dealkylation sites (tertiary alicyclic amines) is 1. The number of nitrogens with zero attached hydrogens (tertiary/aromatic N) is 4. The number of rotatable bonds is 4. The number of carbonyl (C=O) groups excluding carboxylic acids is 1. The van der Waals surface area contributed by atoms with Gasteiger partial charge in [-0.2, -0.15) is 4.99 Å². The van der Waals surface area contributed by atoms with E-state index >= 15 is 4.39 Å². The molecule has 0 atom stereocenters. The minimum absolute atomic E-state index is 0.170. The standard InChI is InChI=1S/C25H38FN7O2/c1-24(2,3)35-23(34)32-14-10-17(11-15-32)16-29-20-18(26)8-7-9-19(20)33-22(28)30-21(27)31-25(33)12-5-4-6-13-25/h7-9,17,29H,4-6,10-16H2,1-3H3,(H4,27,28,30,31). The van der Waals surface area contributed by atoms with E-state index < -0.39 is 11.3 Å². The highest BCUT2D eigenvalue weighted by molar-refractivity contribution is 6.07. The molecule has 1 saturated carbocycles. The SMILES string of the molecule is CC(C)(C)OC(=O)N1CCC(CNc2c(F)cccc2N2C(N)=NC(N)=NC23CCCCC3)CC1. The van der Waals surface area contributed by atoms with Crippen LogP contribution in [0, 0.1) is 11.7 Å². The van der Waals surface area contributed by atoms with Crippen molar-refractivity contribution in [2.45, 2.75) is 77.0 Å². The number of hydrogen-bond donors (Lipinski definition) is 3. The molecule has 0 bridgehead atoms. The third-order valence-corrected chi connectivity index (χ3v) is 6.92. The lowest BCUT2D eigenvalue weighted by Crippen LogP contribution is -2.58. The van der Waals surface area contributed by atoms with Crippen LogP contribution in [0.25, 0.3) is 0 Å². The predicted molar refractivity (Wildman–Crippen MR) is 137 cm³/mol. The number of hydrogen-bond acceptors (Lipinski definition) is 8. The lowest BCUT2D eigenvalue weighted by atomic mass is 9.87. The van der Waals surface area contributed by atoms with Gasteiger partial charge in [0, 0.05) is 19.6 Å². The van der Waals surface area contributed by atoms with E-state index in [2.05, 4.69) is 10.3 Å². The van der Waals surface area contributed by atoms with Gasteiger partial charge in [0.2, 0.25) is 11.9 Å². The maximum absolute atomic E-state index is 15.1. The van der Waals surface area contributed by atoms with Gasteiger partial charge in [-0.25, -0.2) is 14.2 Å². The quantitative estimate of drug-likeness (QED) is 0.590. The molecule has 35 heavy (non-hydrogen) atoms. The van der Waals surface area contributed by atoms with Crippen LogP contribution in [0.4, 0.5) is 20.6 Å². The Balaban J connectivity index is 1.47. The molecule has 2 aliphatic heterocycles. The third-order valence-electron chi connectivity index (χ3n) is 6.92. The second-order valence-corrected chi connectivity index (χ2v) is 10.7. The van der Waals surface area contributed by atoms with Crippen LogP contribution in [0.15, 0.2) is 28.2 Å². The summed E-state index contributed by atoms with van der Waals surface area (Å²) in [5, 5.41) is 3.34. The summed E-state index contributed by atoms with van der Waals surface area (Å²) in [4.78, 5) is 24.9. The monoisotopic (exact) mass is 487 g/mol. The average Bonchev–Trinajstić information content (AvgIpc) is 2.78. The Bertz CT molecular complexity index is 990. The number of nitrogens with two attached hydrogens (primary N) is 2. The molecule has 1 aliphatic carbocycles. The number of ether oxygens (including phenoxy) is 1. The molecule has 5 N–H and O–H groups in total. The number of benzene rings is 1. The molecule has 4 rings (SSSR count). The van der Waals surface area contributed by atoms with E-state index in [0.29, 0.717) is 36.9 Å². The second kappa shape index (κ2) is 9.91. The van der Waals surface area contributed by atoms with E-state index in [0.717, 1.165) is 44.9 Å². The first-order valence-electron chi connectivity index (χ1n) is 12.6. The zero-order valence-corrected chi connectivity index (χ0v) is 21.0. The lowest BCUT2D eigenvalue weighted by molar-refractivity contribution is 0.0188. The summed E-state index contributed by atoms with van der Waals surface area (Å²) < 4.78 is 20.6. The van der Waals surface area contributed by atoms with Gasteiger partial charge >= 0.3 is 6.09 Å². The van der Waals surface area contributed by atoms with Crippen molar-refractivity contribution in [2.75, 3.05) is 29.9 Å². The molecule has 0 radical (unpaired) electrons. The molecule has 2 fully saturated rings. The average molecular weight is 488 g/mol. The molecule has 0 aromatic heterocycles. The van der Waals surface area contributed by atoms with Gasteiger partial charge in [0.25, 0.3) is 0 Å². The zero-order valence-electron chi connectivity index (χ0n) is 21.0. The van der Waals surface area contributed by atoms with Gasteiger partial charge in [0.15, 0.2) is 0 Å². The fourth-order valence-electron chi connectivity index (χ4n) is 5.24. The highest BCUT2D eigenvalue weighted by Crippen LogP contribution is 2.42. The number of halogens is 1. The van der Waals surface area contributed by atoms with Crippen molar-refractivity contribution in [3.63, 3.8) is 0 Å². The molecule has 0 unspecified atom stereocenters. The van der Waals surface area contributed by atoms with Crippen molar-refractivity contribution in [3.8, 4) is 0 Å². The van der Waals surface area contributed by atoms with E-state index in [1.165, 1.54) is 6.07 Å². The van der Waals surface area contributed by atoms with Gasteiger partial charge in [-0.1, -0.05) is 12.5 Å². The number of guanidine groups is 2. The number of para-hydroxylation sites is 1. The molecule has 1 aromatic carbocycles. The minimum atomic E-state index is -0.642. The van der Waals surface area contributed by atoms with Crippen LogP contribution >= 0.6 is 0 Å². The number of carbonyl (C=O) groups is 1. The van der Waals surface area contributed by atoms with E-state index in [9.17, 15) is 4.79 Å². The highest BCUT2D eigenvalue weighted by atomic mass is 19.1. The molecule has 10 heteroatoms. The van der Waals surface area contributed by atoms with Crippen LogP contribution in [0.1, 0.15) is 65.7 Å². The highest BCUT2D eigenvalue weighted by Gasteiger charge is 2.43. The summed E-state index contributed by atoms with van der Waals surface area (Å²) in [6.45, 7) is 7.42. The molecular formula is C25H38FN7O2. The molecule has 9 nitrogen and oxygen atoms in total. The van der Waals surface area contributed by atoms with Crippen LogP contribution in [0.3, 0.4) is 0 Å². The zero-order chi connectivity index (χ0) is 25.2. The number of aliphatic imine (C=N–C) groups is 2. The van der Waals surface area contributed by atoms with Gasteiger partial charge in [-0.15, -0.1) is 0 Å². The van der Waals surface area contributed by atoms with Gasteiger partial charge < -0.3 is 26.4 Å². The molecule has 192 valence electrons. The van der Waals surface area contributed by atoms with Crippen LogP contribution in [-0.2, 0) is 4.74 Å². The van der Waals surface area contributed by atoms with Crippen LogP contribution in [-0.4, -0.2) is 53.8 Å². The fourth-order valence-corrected chi connectivity index (χ4v) is 5.24. The van der Waals surface area contributed by atoms with Gasteiger partial charge in [0.05, 0.1) is 11.4 Å². The maximum atomic E-state index is 15.1. The minimum Gasteiger partial charge on any atom is -0.444 e. The van der Waals surface area contributed by atoms with Crippen LogP contribution in [0.2, 0.25) is 0 Å². The second-order valence-electron chi connectivity index (χ2n) is 10.7. The van der Waals surface area contributed by atoms with Crippen molar-refractivity contribution in [3.05, 3.63) is 24.0 Å². The Labute approximate surface area is 206 Å². The summed E-state index contributed by atoms with van der Waals surface area (Å²) in [5.74, 6) is 0.350. The smallest absolute Gasteiger partial charge is 0.410 e. The summed E-state index contributed by atoms with van der Waals surface area (Å²) in [6, 6.07) is 4.98. The molecule has 1 amide bonds. The first-order valence-corrected chi connectivity index (χ1v) is 12.6. The Kier molecular flexibility index (Phi) is 7.10. The molecule has 1 aromatic rings. The van der Waals surface area contributed by atoms with Gasteiger partial charge in [-0.05, 0) is 77.3 Å². The Morgan fingerprint density at radius 2 is 1.89 bits per heavy atom. The van der Waals surface area contributed by atoms with E-state index in [-0.39, 0.29) is 23.8 Å². The van der Waals surface area contributed by atoms with E-state index in [4.69, 9.17) is 21.2 Å². The number of piperidine rings is 1. The van der Waals surface area contributed by atoms with E-state index in [1.807, 2.05) is 31.7 Å². The summed E-state index contributed by atoms with van der Waals surface area (Å²) in [6.07, 6.45) is 6.02. The van der Waals surface area contributed by atoms with Crippen LogP contribution < -0.4 is 21.7 Å². The Hall–Kier alpha value is -3.04. The maximum Gasteiger partial charge on any atom is 0.410 e. The van der Waals surface area contributed by atoms with Gasteiger partial charge in [-0.3, -0.25) is 4.90 Å². The topological polar surface area (TPSA) is 122 Å². The fraction of sp³-hybridized carbons (Fsp3) is 0.640.